The number of benzene rings is 9. The molecule has 0 saturated heterocycles. The van der Waals surface area contributed by atoms with E-state index in [9.17, 15) is 0 Å². The van der Waals surface area contributed by atoms with Crippen LogP contribution in [0.1, 0.15) is 6.92 Å². The molecule has 2 aliphatic heterocycles. The van der Waals surface area contributed by atoms with Crippen molar-refractivity contribution in [1.82, 2.24) is 0 Å². The van der Waals surface area contributed by atoms with Crippen molar-refractivity contribution >= 4 is 63.9 Å². The lowest BCUT2D eigenvalue weighted by Crippen LogP contribution is -2.00. The SMILES string of the molecule is CCS1(C)c2cc3c(cc2-c2c1cc(-c1ccc(-c4ccccc4)cc1)c1oc4ccccc4c21)S(C)(C)c1cc(-c2ccc(-c4ccccc4)cc2)c2c(oc4ccccc42)c1-3. The van der Waals surface area contributed by atoms with Crippen LogP contribution in [-0.4, -0.2) is 24.5 Å². The zero-order chi connectivity index (χ0) is 42.2. The lowest BCUT2D eigenvalue weighted by Gasteiger charge is -2.33. The first-order valence-electron chi connectivity index (χ1n) is 21.8. The van der Waals surface area contributed by atoms with E-state index in [4.69, 9.17) is 8.83 Å². The molecule has 0 amide bonds. The summed E-state index contributed by atoms with van der Waals surface area (Å²) in [5.74, 6) is 1.04. The summed E-state index contributed by atoms with van der Waals surface area (Å²) in [4.78, 5) is 5.76. The van der Waals surface area contributed by atoms with E-state index in [-0.39, 0.29) is 0 Å². The van der Waals surface area contributed by atoms with Crippen LogP contribution in [0.2, 0.25) is 0 Å². The summed E-state index contributed by atoms with van der Waals surface area (Å²) in [6, 6.07) is 66.9. The van der Waals surface area contributed by atoms with Crippen molar-refractivity contribution in [2.24, 2.45) is 0 Å². The highest BCUT2D eigenvalue weighted by molar-refractivity contribution is 8.34. The van der Waals surface area contributed by atoms with Gasteiger partial charge in [-0.05, 0) is 105 Å². The van der Waals surface area contributed by atoms with Crippen LogP contribution in [0.4, 0.5) is 0 Å². The van der Waals surface area contributed by atoms with Crippen LogP contribution in [0.3, 0.4) is 0 Å². The van der Waals surface area contributed by atoms with E-state index >= 15 is 0 Å². The zero-order valence-corrected chi connectivity index (χ0v) is 37.3. The van der Waals surface area contributed by atoms with E-state index in [0.717, 1.165) is 39.0 Å². The molecule has 13 rings (SSSR count). The second-order valence-corrected chi connectivity index (χ2v) is 24.8. The number of hydrogen-bond acceptors (Lipinski definition) is 2. The molecule has 0 radical (unpaired) electrons. The monoisotopic (exact) mass is 848 g/mol. The van der Waals surface area contributed by atoms with Crippen LogP contribution < -0.4 is 0 Å². The van der Waals surface area contributed by atoms with Gasteiger partial charge in [-0.1, -0.05) is 153 Å². The molecule has 1 atom stereocenters. The number of rotatable bonds is 5. The number of fused-ring (bicyclic) bond motifs is 14. The first kappa shape index (κ1) is 36.9. The molecule has 2 aliphatic rings. The van der Waals surface area contributed by atoms with E-state index in [0.29, 0.717) is 0 Å². The molecule has 0 aliphatic carbocycles. The average Bonchev–Trinajstić information content (AvgIpc) is 4.04. The van der Waals surface area contributed by atoms with Gasteiger partial charge in [-0.3, -0.25) is 0 Å². The standard InChI is InChI=1S/C59H44O2S2/c1-5-63(4)51-35-46-50(34-47(51)55-53(63)33-45(58-57(55)43-21-13-15-23-49(43)60-58)41-30-26-39(27-31-41)37-18-10-7-11-19-37)62(2,3)52-32-44(40-28-24-38(25-29-40)36-16-8-6-9-17-36)54-42-20-12-14-22-48(42)61-59(54)56(46)52/h6-35H,5H2,1-4H3. The van der Waals surface area contributed by atoms with E-state index in [1.54, 1.807) is 0 Å². The Kier molecular flexibility index (Phi) is 7.84. The fourth-order valence-electron chi connectivity index (χ4n) is 10.7. The van der Waals surface area contributed by atoms with Gasteiger partial charge in [0, 0.05) is 63.4 Å². The fourth-order valence-corrected chi connectivity index (χ4v) is 16.1. The van der Waals surface area contributed by atoms with Crippen molar-refractivity contribution in [3.8, 4) is 66.8 Å². The normalized spacial score (nSPS) is 17.4. The second kappa shape index (κ2) is 13.4. The van der Waals surface area contributed by atoms with Gasteiger partial charge >= 0.3 is 0 Å². The first-order chi connectivity index (χ1) is 30.8. The quantitative estimate of drug-likeness (QED) is 0.172. The van der Waals surface area contributed by atoms with Gasteiger partial charge in [0.2, 0.25) is 0 Å². The molecule has 4 heteroatoms. The molecule has 0 spiro atoms. The molecule has 0 fully saturated rings. The predicted octanol–water partition coefficient (Wildman–Crippen LogP) is 17.5. The second-order valence-electron chi connectivity index (χ2n) is 17.6. The highest BCUT2D eigenvalue weighted by atomic mass is 32.3. The molecule has 11 aromatic rings. The smallest absolute Gasteiger partial charge is 0.144 e. The van der Waals surface area contributed by atoms with Crippen LogP contribution in [-0.2, 0) is 0 Å². The minimum atomic E-state index is -1.48. The molecule has 304 valence electrons. The van der Waals surface area contributed by atoms with Crippen LogP contribution >= 0.6 is 20.1 Å². The number of hydrogen-bond donors (Lipinski definition) is 0. The van der Waals surface area contributed by atoms with Gasteiger partial charge < -0.3 is 8.83 Å². The summed E-state index contributed by atoms with van der Waals surface area (Å²) in [5.41, 5.74) is 18.8. The van der Waals surface area contributed by atoms with Gasteiger partial charge in [-0.25, -0.2) is 0 Å². The fraction of sp³-hybridized carbons (Fsp3) is 0.0847. The van der Waals surface area contributed by atoms with Crippen LogP contribution in [0.5, 0.6) is 0 Å². The Morgan fingerprint density at radius 1 is 0.365 bits per heavy atom. The molecule has 63 heavy (non-hydrogen) atoms. The van der Waals surface area contributed by atoms with Gasteiger partial charge in [0.15, 0.2) is 0 Å². The number of furan rings is 2. The maximum atomic E-state index is 7.06. The largest absolute Gasteiger partial charge is 0.455 e. The van der Waals surface area contributed by atoms with Crippen molar-refractivity contribution in [1.29, 1.82) is 0 Å². The maximum Gasteiger partial charge on any atom is 0.144 e. The van der Waals surface area contributed by atoms with E-state index in [2.05, 4.69) is 208 Å². The van der Waals surface area contributed by atoms with Crippen LogP contribution in [0, 0.1) is 0 Å². The Bertz CT molecular complexity index is 3670. The summed E-state index contributed by atoms with van der Waals surface area (Å²) < 4.78 is 14.0. The summed E-state index contributed by atoms with van der Waals surface area (Å²) >= 11 is 0. The molecule has 0 N–H and O–H groups in total. The molecule has 1 unspecified atom stereocenters. The number of para-hydroxylation sites is 2. The molecule has 2 aromatic heterocycles. The summed E-state index contributed by atoms with van der Waals surface area (Å²) in [6.07, 6.45) is 7.54. The Labute approximate surface area is 370 Å². The van der Waals surface area contributed by atoms with Crippen molar-refractivity contribution in [2.75, 3.05) is 24.5 Å². The third kappa shape index (κ3) is 5.17. The molecule has 9 aromatic carbocycles. The molecule has 0 saturated carbocycles. The Balaban J connectivity index is 1.04. The topological polar surface area (TPSA) is 26.3 Å². The predicted molar refractivity (Wildman–Crippen MR) is 270 cm³/mol. The molecule has 2 nitrogen and oxygen atoms in total. The van der Waals surface area contributed by atoms with Crippen molar-refractivity contribution in [2.45, 2.75) is 26.5 Å². The zero-order valence-electron chi connectivity index (χ0n) is 35.7. The van der Waals surface area contributed by atoms with Crippen molar-refractivity contribution in [3.05, 3.63) is 182 Å². The summed E-state index contributed by atoms with van der Waals surface area (Å²) in [7, 11) is -2.94. The lowest BCUT2D eigenvalue weighted by atomic mass is 9.91. The third-order valence-electron chi connectivity index (χ3n) is 14.1. The minimum Gasteiger partial charge on any atom is -0.455 e. The van der Waals surface area contributed by atoms with E-state index < -0.39 is 20.1 Å². The molecular formula is C59H44O2S2. The Morgan fingerprint density at radius 2 is 0.810 bits per heavy atom. The van der Waals surface area contributed by atoms with E-state index in [1.165, 1.54) is 96.9 Å². The molecule has 0 bridgehead atoms. The molecular weight excluding hydrogens is 805 g/mol. The summed E-state index contributed by atoms with van der Waals surface area (Å²) in [5, 5.41) is 4.78. The van der Waals surface area contributed by atoms with Gasteiger partial charge in [0.25, 0.3) is 0 Å². The van der Waals surface area contributed by atoms with E-state index in [1.807, 2.05) is 0 Å². The summed E-state index contributed by atoms with van der Waals surface area (Å²) in [6.45, 7) is 2.39. The minimum absolute atomic E-state index is 0.931. The third-order valence-corrected chi connectivity index (χ3v) is 20.7. The first-order valence-corrected chi connectivity index (χ1v) is 26.4. The average molecular weight is 849 g/mol. The van der Waals surface area contributed by atoms with Crippen LogP contribution in [0.15, 0.2) is 210 Å². The van der Waals surface area contributed by atoms with Gasteiger partial charge in [0.1, 0.15) is 22.3 Å². The maximum absolute atomic E-state index is 7.06. The van der Waals surface area contributed by atoms with Gasteiger partial charge in [-0.2, -0.15) is 20.1 Å². The van der Waals surface area contributed by atoms with Crippen molar-refractivity contribution < 1.29 is 8.83 Å². The Hall–Kier alpha value is -6.72. The van der Waals surface area contributed by atoms with Crippen LogP contribution in [0.25, 0.3) is 111 Å². The van der Waals surface area contributed by atoms with Gasteiger partial charge in [0.05, 0.1) is 0 Å². The highest BCUT2D eigenvalue weighted by Crippen LogP contribution is 2.76. The van der Waals surface area contributed by atoms with Crippen molar-refractivity contribution in [3.63, 3.8) is 0 Å². The Morgan fingerprint density at radius 3 is 1.41 bits per heavy atom. The molecule has 4 heterocycles. The van der Waals surface area contributed by atoms with Gasteiger partial charge in [-0.15, -0.1) is 0 Å². The lowest BCUT2D eigenvalue weighted by molar-refractivity contribution is 0.669. The highest BCUT2D eigenvalue weighted by Gasteiger charge is 2.43.